The highest BCUT2D eigenvalue weighted by atomic mass is 16.3. The molecule has 0 aromatic carbocycles. The molecule has 84 valence electrons. The molecule has 2 rings (SSSR count). The number of nitrogens with one attached hydrogen (secondary N) is 2. The first kappa shape index (κ1) is 10.6. The molecule has 1 heterocycles. The minimum atomic E-state index is -0.675. The molecule has 0 bridgehead atoms. The van der Waals surface area contributed by atoms with Crippen molar-refractivity contribution < 1.29 is 14.7 Å². The number of carbonyl (C=O) groups is 2. The Labute approximate surface area is 88.2 Å². The van der Waals surface area contributed by atoms with E-state index in [4.69, 9.17) is 0 Å². The van der Waals surface area contributed by atoms with Gasteiger partial charge in [0.1, 0.15) is 0 Å². The van der Waals surface area contributed by atoms with E-state index in [2.05, 4.69) is 10.6 Å². The first-order valence-electron chi connectivity index (χ1n) is 5.39. The van der Waals surface area contributed by atoms with Crippen LogP contribution in [-0.4, -0.2) is 35.1 Å². The van der Waals surface area contributed by atoms with Gasteiger partial charge in [-0.05, 0) is 12.8 Å². The number of imide groups is 1. The first-order chi connectivity index (χ1) is 7.09. The number of carbonyl (C=O) groups excluding carboxylic acids is 2. The van der Waals surface area contributed by atoms with Gasteiger partial charge in [-0.2, -0.15) is 0 Å². The maximum Gasteiger partial charge on any atom is 0.244 e. The average molecular weight is 212 g/mol. The van der Waals surface area contributed by atoms with Gasteiger partial charge in [-0.15, -0.1) is 0 Å². The van der Waals surface area contributed by atoms with E-state index < -0.39 is 11.6 Å². The highest BCUT2D eigenvalue weighted by Crippen LogP contribution is 2.28. The standard InChI is InChI=1S/C10H16N2O3/c13-8-5-7(9(14)12-8)11-6-10(15)3-1-2-4-10/h7,11,15H,1-6H2,(H,12,13,14)/t7-/m0/s1. The van der Waals surface area contributed by atoms with Gasteiger partial charge in [-0.1, -0.05) is 12.8 Å². The second-order valence-electron chi connectivity index (χ2n) is 4.48. The third kappa shape index (κ3) is 2.35. The molecule has 5 nitrogen and oxygen atoms in total. The van der Waals surface area contributed by atoms with Crippen LogP contribution in [0, 0.1) is 0 Å². The highest BCUT2D eigenvalue weighted by Gasteiger charge is 2.35. The molecule has 2 aliphatic rings. The number of aliphatic hydroxyl groups is 1. The Balaban J connectivity index is 1.83. The summed E-state index contributed by atoms with van der Waals surface area (Å²) in [6, 6.07) is -0.456. The second kappa shape index (κ2) is 3.90. The van der Waals surface area contributed by atoms with E-state index in [1.807, 2.05) is 0 Å². The lowest BCUT2D eigenvalue weighted by atomic mass is 10.0. The van der Waals surface area contributed by atoms with Gasteiger partial charge in [0.15, 0.2) is 0 Å². The Bertz CT molecular complexity index is 284. The summed E-state index contributed by atoms with van der Waals surface area (Å²) in [7, 11) is 0. The smallest absolute Gasteiger partial charge is 0.244 e. The third-order valence-corrected chi connectivity index (χ3v) is 3.18. The molecule has 0 spiro atoms. The summed E-state index contributed by atoms with van der Waals surface area (Å²) >= 11 is 0. The largest absolute Gasteiger partial charge is 0.389 e. The molecule has 1 atom stereocenters. The summed E-state index contributed by atoms with van der Waals surface area (Å²) < 4.78 is 0. The van der Waals surface area contributed by atoms with Crippen molar-refractivity contribution in [2.24, 2.45) is 0 Å². The average Bonchev–Trinajstić information content (AvgIpc) is 2.71. The zero-order valence-electron chi connectivity index (χ0n) is 8.58. The van der Waals surface area contributed by atoms with E-state index >= 15 is 0 Å². The third-order valence-electron chi connectivity index (χ3n) is 3.18. The predicted octanol–water partition coefficient (Wildman–Crippen LogP) is -0.704. The summed E-state index contributed by atoms with van der Waals surface area (Å²) in [5.41, 5.74) is -0.675. The van der Waals surface area contributed by atoms with Crippen LogP contribution in [0.4, 0.5) is 0 Å². The summed E-state index contributed by atoms with van der Waals surface area (Å²) in [6.45, 7) is 0.401. The van der Waals surface area contributed by atoms with Crippen LogP contribution in [0.1, 0.15) is 32.1 Å². The van der Waals surface area contributed by atoms with Crippen LogP contribution in [0.2, 0.25) is 0 Å². The Kier molecular flexibility index (Phi) is 2.75. The topological polar surface area (TPSA) is 78.4 Å². The zero-order valence-corrected chi connectivity index (χ0v) is 8.58. The molecule has 0 unspecified atom stereocenters. The maximum absolute atomic E-state index is 11.2. The summed E-state index contributed by atoms with van der Waals surface area (Å²) in [5.74, 6) is -0.516. The molecule has 5 heteroatoms. The van der Waals surface area contributed by atoms with Gasteiger partial charge in [-0.3, -0.25) is 14.9 Å². The normalized spacial score (nSPS) is 29.5. The molecule has 2 amide bonds. The van der Waals surface area contributed by atoms with Crippen LogP contribution < -0.4 is 10.6 Å². The quantitative estimate of drug-likeness (QED) is 0.540. The Hall–Kier alpha value is -0.940. The van der Waals surface area contributed by atoms with E-state index in [0.717, 1.165) is 25.7 Å². The number of hydrogen-bond donors (Lipinski definition) is 3. The van der Waals surface area contributed by atoms with Gasteiger partial charge in [-0.25, -0.2) is 0 Å². The van der Waals surface area contributed by atoms with Crippen LogP contribution in [0.25, 0.3) is 0 Å². The lowest BCUT2D eigenvalue weighted by molar-refractivity contribution is -0.125. The SMILES string of the molecule is O=C1C[C@H](NCC2(O)CCCC2)C(=O)N1. The van der Waals surface area contributed by atoms with E-state index in [9.17, 15) is 14.7 Å². The molecular formula is C10H16N2O3. The minimum absolute atomic E-state index is 0.189. The Morgan fingerprint density at radius 3 is 2.60 bits per heavy atom. The van der Waals surface area contributed by atoms with Crippen LogP contribution in [0.5, 0.6) is 0 Å². The van der Waals surface area contributed by atoms with Gasteiger partial charge >= 0.3 is 0 Å². The van der Waals surface area contributed by atoms with Gasteiger partial charge in [0.25, 0.3) is 0 Å². The molecule has 0 aromatic heterocycles. The van der Waals surface area contributed by atoms with Gasteiger partial charge < -0.3 is 10.4 Å². The van der Waals surface area contributed by atoms with Crippen molar-refractivity contribution in [3.05, 3.63) is 0 Å². The molecule has 1 saturated heterocycles. The molecule has 1 aliphatic heterocycles. The first-order valence-corrected chi connectivity index (χ1v) is 5.39. The summed E-state index contributed by atoms with van der Waals surface area (Å²) in [5, 5.41) is 15.2. The van der Waals surface area contributed by atoms with Crippen molar-refractivity contribution in [2.45, 2.75) is 43.7 Å². The second-order valence-corrected chi connectivity index (χ2v) is 4.48. The van der Waals surface area contributed by atoms with Crippen LogP contribution in [0.15, 0.2) is 0 Å². The number of amides is 2. The molecular weight excluding hydrogens is 196 g/mol. The lowest BCUT2D eigenvalue weighted by Crippen LogP contribution is -2.45. The van der Waals surface area contributed by atoms with Crippen molar-refractivity contribution >= 4 is 11.8 Å². The van der Waals surface area contributed by atoms with E-state index in [1.54, 1.807) is 0 Å². The fraction of sp³-hybridized carbons (Fsp3) is 0.800. The fourth-order valence-electron chi connectivity index (χ4n) is 2.24. The van der Waals surface area contributed by atoms with Crippen molar-refractivity contribution in [3.8, 4) is 0 Å². The van der Waals surface area contributed by atoms with Gasteiger partial charge in [0.05, 0.1) is 18.1 Å². The molecule has 1 aliphatic carbocycles. The zero-order chi connectivity index (χ0) is 10.9. The number of hydrogen-bond acceptors (Lipinski definition) is 4. The monoisotopic (exact) mass is 212 g/mol. The predicted molar refractivity (Wildman–Crippen MR) is 53.0 cm³/mol. The van der Waals surface area contributed by atoms with Crippen LogP contribution in [0.3, 0.4) is 0 Å². The maximum atomic E-state index is 11.2. The fourth-order valence-corrected chi connectivity index (χ4v) is 2.24. The van der Waals surface area contributed by atoms with Crippen LogP contribution >= 0.6 is 0 Å². The highest BCUT2D eigenvalue weighted by molar-refractivity contribution is 6.05. The molecule has 0 aromatic rings. The molecule has 3 N–H and O–H groups in total. The van der Waals surface area contributed by atoms with E-state index in [-0.39, 0.29) is 18.2 Å². The van der Waals surface area contributed by atoms with Crippen molar-refractivity contribution in [1.82, 2.24) is 10.6 Å². The Morgan fingerprint density at radius 2 is 2.07 bits per heavy atom. The summed E-state index contributed by atoms with van der Waals surface area (Å²) in [6.07, 6.45) is 3.82. The lowest BCUT2D eigenvalue weighted by Gasteiger charge is -2.23. The van der Waals surface area contributed by atoms with Crippen molar-refractivity contribution in [1.29, 1.82) is 0 Å². The molecule has 15 heavy (non-hydrogen) atoms. The van der Waals surface area contributed by atoms with Gasteiger partial charge in [0, 0.05) is 6.54 Å². The van der Waals surface area contributed by atoms with Crippen molar-refractivity contribution in [2.75, 3.05) is 6.54 Å². The summed E-state index contributed by atoms with van der Waals surface area (Å²) in [4.78, 5) is 22.1. The van der Waals surface area contributed by atoms with E-state index in [1.165, 1.54) is 0 Å². The number of rotatable bonds is 3. The molecule has 0 radical (unpaired) electrons. The van der Waals surface area contributed by atoms with E-state index in [0.29, 0.717) is 6.54 Å². The molecule has 1 saturated carbocycles. The molecule has 2 fully saturated rings. The van der Waals surface area contributed by atoms with Gasteiger partial charge in [0.2, 0.25) is 11.8 Å². The van der Waals surface area contributed by atoms with Crippen molar-refractivity contribution in [3.63, 3.8) is 0 Å². The minimum Gasteiger partial charge on any atom is -0.389 e. The van der Waals surface area contributed by atoms with Crippen LogP contribution in [-0.2, 0) is 9.59 Å². The Morgan fingerprint density at radius 1 is 1.40 bits per heavy atom.